The Morgan fingerprint density at radius 1 is 1.18 bits per heavy atom. The highest BCUT2D eigenvalue weighted by atomic mass is 19.1. The number of hydrogen-bond acceptors (Lipinski definition) is 3. The van der Waals surface area contributed by atoms with E-state index in [-0.39, 0.29) is 5.82 Å². The van der Waals surface area contributed by atoms with Gasteiger partial charge in [-0.25, -0.2) is 9.37 Å². The number of hydrogen-bond donors (Lipinski definition) is 0. The first kappa shape index (κ1) is 20.7. The molecule has 1 saturated carbocycles. The van der Waals surface area contributed by atoms with E-state index in [4.69, 9.17) is 9.72 Å². The Morgan fingerprint density at radius 2 is 2.00 bits per heavy atom. The van der Waals surface area contributed by atoms with Crippen LogP contribution < -0.4 is 4.74 Å². The molecule has 0 radical (unpaired) electrons. The molecule has 34 heavy (non-hydrogen) atoms. The number of rotatable bonds is 3. The normalized spacial score (nSPS) is 16.3. The van der Waals surface area contributed by atoms with Gasteiger partial charge in [-0.05, 0) is 67.1 Å². The number of aromatic nitrogens is 2. The SMILES string of the molecule is CC(C#N)=C1c2ccc(Cc3c(C4CC4)nc4c(C)cccn34)cc2COc2cc(F)ccc21. The molecule has 3 heterocycles. The molecule has 1 fully saturated rings. The zero-order valence-electron chi connectivity index (χ0n) is 19.2. The van der Waals surface area contributed by atoms with Crippen molar-refractivity contribution in [3.8, 4) is 11.8 Å². The first-order valence-electron chi connectivity index (χ1n) is 11.7. The van der Waals surface area contributed by atoms with E-state index >= 15 is 0 Å². The van der Waals surface area contributed by atoms with E-state index in [1.807, 2.05) is 0 Å². The van der Waals surface area contributed by atoms with E-state index in [2.05, 4.69) is 53.9 Å². The van der Waals surface area contributed by atoms with Crippen LogP contribution >= 0.6 is 0 Å². The van der Waals surface area contributed by atoms with Crippen LogP contribution in [-0.2, 0) is 13.0 Å². The van der Waals surface area contributed by atoms with Gasteiger partial charge in [-0.2, -0.15) is 5.26 Å². The second-order valence-electron chi connectivity index (χ2n) is 9.31. The number of halogens is 1. The second kappa shape index (κ2) is 7.85. The van der Waals surface area contributed by atoms with Crippen molar-refractivity contribution in [2.24, 2.45) is 0 Å². The lowest BCUT2D eigenvalue weighted by Crippen LogP contribution is -2.02. The molecule has 2 aromatic carbocycles. The van der Waals surface area contributed by atoms with Crippen LogP contribution in [0.2, 0.25) is 0 Å². The lowest BCUT2D eigenvalue weighted by molar-refractivity contribution is 0.305. The number of imidazole rings is 1. The van der Waals surface area contributed by atoms with Crippen molar-refractivity contribution in [1.29, 1.82) is 5.26 Å². The van der Waals surface area contributed by atoms with E-state index in [0.717, 1.165) is 34.3 Å². The summed E-state index contributed by atoms with van der Waals surface area (Å²) in [6, 6.07) is 17.3. The van der Waals surface area contributed by atoms with Crippen molar-refractivity contribution in [3.63, 3.8) is 0 Å². The standard InChI is InChI=1S/C29H24FN3O/c1-17-4-3-11-33-25(28(20-6-7-20)32-29(17)33)13-19-5-9-23-21(12-19)16-34-26-14-22(30)8-10-24(26)27(23)18(2)15-31/h3-5,8-12,14,20H,6-7,13,16H2,1-2H3. The van der Waals surface area contributed by atoms with Crippen LogP contribution in [0.15, 0.2) is 60.3 Å². The van der Waals surface area contributed by atoms with Gasteiger partial charge >= 0.3 is 0 Å². The zero-order valence-corrected chi connectivity index (χ0v) is 19.2. The highest BCUT2D eigenvalue weighted by Crippen LogP contribution is 2.43. The molecule has 168 valence electrons. The Bertz CT molecular complexity index is 1540. The molecule has 0 atom stereocenters. The van der Waals surface area contributed by atoms with Gasteiger partial charge in [0.2, 0.25) is 0 Å². The molecule has 2 aliphatic rings. The number of nitrogens with zero attached hydrogens (tertiary/aromatic N) is 3. The zero-order chi connectivity index (χ0) is 23.4. The Balaban J connectivity index is 1.45. The lowest BCUT2D eigenvalue weighted by atomic mass is 9.89. The predicted molar refractivity (Wildman–Crippen MR) is 129 cm³/mol. The minimum absolute atomic E-state index is 0.323. The summed E-state index contributed by atoms with van der Waals surface area (Å²) in [5.41, 5.74) is 9.93. The molecule has 1 aliphatic heterocycles. The number of benzene rings is 2. The van der Waals surface area contributed by atoms with Gasteiger partial charge in [0.05, 0.1) is 17.5 Å². The Labute approximate surface area is 198 Å². The number of aryl methyl sites for hydroxylation is 1. The maximum Gasteiger partial charge on any atom is 0.140 e. The fourth-order valence-corrected chi connectivity index (χ4v) is 5.03. The van der Waals surface area contributed by atoms with Gasteiger partial charge in [-0.15, -0.1) is 0 Å². The summed E-state index contributed by atoms with van der Waals surface area (Å²) in [7, 11) is 0. The molecule has 0 unspecified atom stereocenters. The Morgan fingerprint density at radius 3 is 2.79 bits per heavy atom. The van der Waals surface area contributed by atoms with Gasteiger partial charge in [0, 0.05) is 41.3 Å². The maximum atomic E-state index is 13.9. The molecule has 5 heteroatoms. The molecular formula is C29H24FN3O. The molecule has 0 spiro atoms. The van der Waals surface area contributed by atoms with Crippen LogP contribution in [0.3, 0.4) is 0 Å². The van der Waals surface area contributed by atoms with Crippen LogP contribution in [0, 0.1) is 24.1 Å². The summed E-state index contributed by atoms with van der Waals surface area (Å²) >= 11 is 0. The molecule has 4 nitrogen and oxygen atoms in total. The van der Waals surface area contributed by atoms with Crippen molar-refractivity contribution in [3.05, 3.63) is 105 Å². The molecule has 4 aromatic rings. The van der Waals surface area contributed by atoms with Gasteiger partial charge in [0.25, 0.3) is 0 Å². The Hall–Kier alpha value is -3.91. The topological polar surface area (TPSA) is 50.3 Å². The van der Waals surface area contributed by atoms with E-state index in [0.29, 0.717) is 23.8 Å². The molecule has 0 saturated heterocycles. The number of ether oxygens (including phenoxy) is 1. The molecule has 0 bridgehead atoms. The number of allylic oxidation sites excluding steroid dienone is 1. The van der Waals surface area contributed by atoms with Crippen molar-refractivity contribution in [1.82, 2.24) is 9.38 Å². The molecule has 2 aromatic heterocycles. The maximum absolute atomic E-state index is 13.9. The van der Waals surface area contributed by atoms with Crippen LogP contribution in [0.25, 0.3) is 11.2 Å². The van der Waals surface area contributed by atoms with Gasteiger partial charge in [0.15, 0.2) is 0 Å². The number of pyridine rings is 1. The third kappa shape index (κ3) is 3.38. The summed E-state index contributed by atoms with van der Waals surface area (Å²) in [6.45, 7) is 4.23. The van der Waals surface area contributed by atoms with Gasteiger partial charge in [0.1, 0.15) is 23.8 Å². The molecule has 0 amide bonds. The monoisotopic (exact) mass is 449 g/mol. The van der Waals surface area contributed by atoms with E-state index in [1.165, 1.54) is 47.5 Å². The van der Waals surface area contributed by atoms with Crippen LogP contribution in [0.4, 0.5) is 4.39 Å². The summed E-state index contributed by atoms with van der Waals surface area (Å²) in [4.78, 5) is 5.01. The minimum atomic E-state index is -0.352. The van der Waals surface area contributed by atoms with Crippen molar-refractivity contribution in [2.75, 3.05) is 0 Å². The van der Waals surface area contributed by atoms with Gasteiger partial charge < -0.3 is 9.14 Å². The lowest BCUT2D eigenvalue weighted by Gasteiger charge is -2.13. The fraction of sp³-hybridized carbons (Fsp3) is 0.241. The molecule has 6 rings (SSSR count). The summed E-state index contributed by atoms with van der Waals surface area (Å²) in [5, 5.41) is 9.69. The van der Waals surface area contributed by atoms with E-state index in [9.17, 15) is 9.65 Å². The quantitative estimate of drug-likeness (QED) is 0.336. The largest absolute Gasteiger partial charge is 0.488 e. The van der Waals surface area contributed by atoms with Gasteiger partial charge in [-0.3, -0.25) is 0 Å². The average molecular weight is 450 g/mol. The van der Waals surface area contributed by atoms with Crippen LogP contribution in [0.1, 0.15) is 64.9 Å². The first-order chi connectivity index (χ1) is 16.5. The highest BCUT2D eigenvalue weighted by molar-refractivity contribution is 5.88. The first-order valence-corrected chi connectivity index (χ1v) is 11.7. The fourth-order valence-electron chi connectivity index (χ4n) is 5.03. The molecule has 0 N–H and O–H groups in total. The Kier molecular flexibility index (Phi) is 4.77. The summed E-state index contributed by atoms with van der Waals surface area (Å²) in [5.74, 6) is 0.668. The van der Waals surface area contributed by atoms with Gasteiger partial charge in [-0.1, -0.05) is 24.3 Å². The summed E-state index contributed by atoms with van der Waals surface area (Å²) in [6.07, 6.45) is 5.27. The van der Waals surface area contributed by atoms with Crippen molar-refractivity contribution in [2.45, 2.75) is 45.6 Å². The van der Waals surface area contributed by atoms with Crippen molar-refractivity contribution >= 4 is 11.2 Å². The highest BCUT2D eigenvalue weighted by Gasteiger charge is 2.30. The van der Waals surface area contributed by atoms with Crippen LogP contribution in [-0.4, -0.2) is 9.38 Å². The summed E-state index contributed by atoms with van der Waals surface area (Å²) < 4.78 is 22.2. The van der Waals surface area contributed by atoms with E-state index in [1.54, 1.807) is 13.0 Å². The second-order valence-corrected chi connectivity index (χ2v) is 9.31. The molecular weight excluding hydrogens is 425 g/mol. The smallest absolute Gasteiger partial charge is 0.140 e. The number of nitriles is 1. The molecule has 1 aliphatic carbocycles. The average Bonchev–Trinajstić information content (AvgIpc) is 3.63. The van der Waals surface area contributed by atoms with E-state index < -0.39 is 0 Å². The predicted octanol–water partition coefficient (Wildman–Crippen LogP) is 6.49. The number of fused-ring (bicyclic) bond motifs is 3. The third-order valence-electron chi connectivity index (χ3n) is 6.89. The van der Waals surface area contributed by atoms with Crippen molar-refractivity contribution < 1.29 is 9.13 Å². The third-order valence-corrected chi connectivity index (χ3v) is 6.89. The minimum Gasteiger partial charge on any atom is -0.488 e. The van der Waals surface area contributed by atoms with Crippen LogP contribution in [0.5, 0.6) is 5.75 Å².